The van der Waals surface area contributed by atoms with Crippen molar-refractivity contribution in [3.8, 4) is 0 Å². The molecule has 0 saturated heterocycles. The van der Waals surface area contributed by atoms with Gasteiger partial charge in [0, 0.05) is 18.7 Å². The highest BCUT2D eigenvalue weighted by molar-refractivity contribution is 5.98. The molecule has 0 bridgehead atoms. The highest BCUT2D eigenvalue weighted by Gasteiger charge is 2.20. The number of hydrogen-bond donors (Lipinski definition) is 1. The minimum atomic E-state index is -0.977. The molecule has 32 heavy (non-hydrogen) atoms. The van der Waals surface area contributed by atoms with Crippen molar-refractivity contribution in [2.75, 3.05) is 5.32 Å². The van der Waals surface area contributed by atoms with E-state index in [-0.39, 0.29) is 11.1 Å². The standard InChI is InChI=1S/C25H27N3O4/c1-3-17-8-11-19(12-9-17)26-23(29)16(2)32-25(31)18-10-13-20-21(15-18)27-22-7-5-4-6-14-28(22)24(20)30/h8-13,15-16H,3-7,14H2,1-2H3,(H,26,29). The lowest BCUT2D eigenvalue weighted by atomic mass is 10.1. The van der Waals surface area contributed by atoms with Gasteiger partial charge in [-0.3, -0.25) is 14.2 Å². The number of amides is 1. The molecule has 1 aromatic heterocycles. The molecule has 2 heterocycles. The van der Waals surface area contributed by atoms with E-state index in [2.05, 4.69) is 17.2 Å². The van der Waals surface area contributed by atoms with Crippen LogP contribution in [0.3, 0.4) is 0 Å². The van der Waals surface area contributed by atoms with Gasteiger partial charge in [-0.05, 0) is 62.1 Å². The number of nitrogens with zero attached hydrogens (tertiary/aromatic N) is 2. The predicted molar refractivity (Wildman–Crippen MR) is 123 cm³/mol. The number of nitrogens with one attached hydrogen (secondary N) is 1. The van der Waals surface area contributed by atoms with E-state index in [4.69, 9.17) is 4.74 Å². The van der Waals surface area contributed by atoms with Crippen LogP contribution in [0, 0.1) is 0 Å². The van der Waals surface area contributed by atoms with Crippen molar-refractivity contribution in [2.24, 2.45) is 0 Å². The van der Waals surface area contributed by atoms with Gasteiger partial charge in [0.15, 0.2) is 6.10 Å². The lowest BCUT2D eigenvalue weighted by molar-refractivity contribution is -0.123. The molecular formula is C25H27N3O4. The zero-order chi connectivity index (χ0) is 22.7. The second-order valence-corrected chi connectivity index (χ2v) is 8.11. The van der Waals surface area contributed by atoms with Crippen molar-refractivity contribution in [3.63, 3.8) is 0 Å². The lowest BCUT2D eigenvalue weighted by Gasteiger charge is -2.14. The minimum Gasteiger partial charge on any atom is -0.449 e. The summed E-state index contributed by atoms with van der Waals surface area (Å²) in [5, 5.41) is 3.23. The van der Waals surface area contributed by atoms with E-state index in [1.807, 2.05) is 24.3 Å². The highest BCUT2D eigenvalue weighted by Crippen LogP contribution is 2.17. The maximum Gasteiger partial charge on any atom is 0.338 e. The monoisotopic (exact) mass is 433 g/mol. The van der Waals surface area contributed by atoms with Gasteiger partial charge in [-0.1, -0.05) is 25.5 Å². The third-order valence-electron chi connectivity index (χ3n) is 5.83. The molecule has 0 aliphatic carbocycles. The van der Waals surface area contributed by atoms with Crippen LogP contribution in [0.25, 0.3) is 10.9 Å². The van der Waals surface area contributed by atoms with Crippen LogP contribution in [0.5, 0.6) is 0 Å². The second-order valence-electron chi connectivity index (χ2n) is 8.11. The number of carbonyl (C=O) groups excluding carboxylic acids is 2. The number of carbonyl (C=O) groups is 2. The van der Waals surface area contributed by atoms with Crippen molar-refractivity contribution >= 4 is 28.5 Å². The van der Waals surface area contributed by atoms with Crippen LogP contribution < -0.4 is 10.9 Å². The van der Waals surface area contributed by atoms with Crippen molar-refractivity contribution in [2.45, 2.75) is 58.6 Å². The Balaban J connectivity index is 1.49. The number of ether oxygens (including phenoxy) is 1. The molecule has 0 fully saturated rings. The van der Waals surface area contributed by atoms with Crippen LogP contribution in [0.4, 0.5) is 5.69 Å². The van der Waals surface area contributed by atoms with E-state index in [9.17, 15) is 14.4 Å². The summed E-state index contributed by atoms with van der Waals surface area (Å²) in [7, 11) is 0. The summed E-state index contributed by atoms with van der Waals surface area (Å²) in [6, 6.07) is 12.3. The quantitative estimate of drug-likeness (QED) is 0.617. The normalized spacial score (nSPS) is 14.3. The highest BCUT2D eigenvalue weighted by atomic mass is 16.5. The Morgan fingerprint density at radius 3 is 2.66 bits per heavy atom. The number of esters is 1. The van der Waals surface area contributed by atoms with Gasteiger partial charge < -0.3 is 10.1 Å². The third-order valence-corrected chi connectivity index (χ3v) is 5.83. The molecule has 4 rings (SSSR count). The number of fused-ring (bicyclic) bond motifs is 2. The number of benzene rings is 2. The summed E-state index contributed by atoms with van der Waals surface area (Å²) < 4.78 is 7.11. The van der Waals surface area contributed by atoms with E-state index >= 15 is 0 Å². The molecule has 1 aliphatic rings. The van der Waals surface area contributed by atoms with E-state index < -0.39 is 18.0 Å². The molecular weight excluding hydrogens is 406 g/mol. The third kappa shape index (κ3) is 4.56. The largest absolute Gasteiger partial charge is 0.449 e. The maximum atomic E-state index is 12.8. The molecule has 1 unspecified atom stereocenters. The first kappa shape index (κ1) is 21.7. The van der Waals surface area contributed by atoms with Crippen molar-refractivity contribution < 1.29 is 14.3 Å². The molecule has 0 saturated carbocycles. The molecule has 1 atom stereocenters. The minimum absolute atomic E-state index is 0.0753. The Bertz CT molecular complexity index is 1210. The lowest BCUT2D eigenvalue weighted by Crippen LogP contribution is -2.30. The number of rotatable bonds is 5. The van der Waals surface area contributed by atoms with Gasteiger partial charge >= 0.3 is 5.97 Å². The zero-order valence-electron chi connectivity index (χ0n) is 18.4. The molecule has 1 N–H and O–H groups in total. The molecule has 2 aromatic carbocycles. The number of hydrogen-bond acceptors (Lipinski definition) is 5. The van der Waals surface area contributed by atoms with Gasteiger partial charge in [0.2, 0.25) is 0 Å². The fourth-order valence-corrected chi connectivity index (χ4v) is 3.90. The Hall–Kier alpha value is -3.48. The van der Waals surface area contributed by atoms with Crippen LogP contribution in [-0.4, -0.2) is 27.5 Å². The van der Waals surface area contributed by atoms with Gasteiger partial charge in [-0.15, -0.1) is 0 Å². The summed E-state index contributed by atoms with van der Waals surface area (Å²) in [6.07, 6.45) is 3.71. The molecule has 166 valence electrons. The van der Waals surface area contributed by atoms with Gasteiger partial charge in [0.25, 0.3) is 11.5 Å². The fraction of sp³-hybridized carbons (Fsp3) is 0.360. The Morgan fingerprint density at radius 1 is 1.12 bits per heavy atom. The summed E-state index contributed by atoms with van der Waals surface area (Å²) >= 11 is 0. The van der Waals surface area contributed by atoms with Crippen LogP contribution in [0.1, 0.15) is 54.9 Å². The van der Waals surface area contributed by atoms with Crippen LogP contribution in [0.15, 0.2) is 47.3 Å². The van der Waals surface area contributed by atoms with E-state index in [1.54, 1.807) is 22.8 Å². The number of aryl methyl sites for hydroxylation is 2. The first-order chi connectivity index (χ1) is 15.5. The summed E-state index contributed by atoms with van der Waals surface area (Å²) in [5.74, 6) is -0.287. The maximum absolute atomic E-state index is 12.8. The summed E-state index contributed by atoms with van der Waals surface area (Å²) in [6.45, 7) is 4.26. The summed E-state index contributed by atoms with van der Waals surface area (Å²) in [4.78, 5) is 42.6. The summed E-state index contributed by atoms with van der Waals surface area (Å²) in [5.41, 5.74) is 2.48. The Morgan fingerprint density at radius 2 is 1.91 bits per heavy atom. The Kier molecular flexibility index (Phi) is 6.35. The van der Waals surface area contributed by atoms with Gasteiger partial charge in [0.1, 0.15) is 5.82 Å². The zero-order valence-corrected chi connectivity index (χ0v) is 18.4. The average molecular weight is 434 g/mol. The molecule has 0 radical (unpaired) electrons. The predicted octanol–water partition coefficient (Wildman–Crippen LogP) is 3.87. The smallest absolute Gasteiger partial charge is 0.338 e. The molecule has 3 aromatic rings. The molecule has 1 aliphatic heterocycles. The molecule has 1 amide bonds. The SMILES string of the molecule is CCc1ccc(NC(=O)C(C)OC(=O)c2ccc3c(=O)n4c(nc3c2)CCCCC4)cc1. The van der Waals surface area contributed by atoms with E-state index in [1.165, 1.54) is 12.5 Å². The van der Waals surface area contributed by atoms with Crippen molar-refractivity contribution in [1.29, 1.82) is 0 Å². The van der Waals surface area contributed by atoms with Gasteiger partial charge in [-0.25, -0.2) is 9.78 Å². The molecule has 7 nitrogen and oxygen atoms in total. The average Bonchev–Trinajstić information content (AvgIpc) is 3.05. The van der Waals surface area contributed by atoms with E-state index in [0.717, 1.165) is 37.9 Å². The van der Waals surface area contributed by atoms with E-state index in [0.29, 0.717) is 23.1 Å². The number of aromatic nitrogens is 2. The first-order valence-electron chi connectivity index (χ1n) is 11.1. The molecule has 7 heteroatoms. The van der Waals surface area contributed by atoms with Crippen LogP contribution in [-0.2, 0) is 28.9 Å². The Labute approximate surface area is 186 Å². The topological polar surface area (TPSA) is 90.3 Å². The van der Waals surface area contributed by atoms with Gasteiger partial charge in [0.05, 0.1) is 16.5 Å². The fourth-order valence-electron chi connectivity index (χ4n) is 3.90. The molecule has 0 spiro atoms. The number of anilines is 1. The van der Waals surface area contributed by atoms with Crippen molar-refractivity contribution in [3.05, 3.63) is 69.8 Å². The van der Waals surface area contributed by atoms with Crippen LogP contribution >= 0.6 is 0 Å². The van der Waals surface area contributed by atoms with Gasteiger partial charge in [-0.2, -0.15) is 0 Å². The first-order valence-corrected chi connectivity index (χ1v) is 11.1. The van der Waals surface area contributed by atoms with Crippen LogP contribution in [0.2, 0.25) is 0 Å². The van der Waals surface area contributed by atoms with Crippen molar-refractivity contribution in [1.82, 2.24) is 9.55 Å². The second kappa shape index (κ2) is 9.34.